The highest BCUT2D eigenvalue weighted by molar-refractivity contribution is 9.11. The highest BCUT2D eigenvalue weighted by Gasteiger charge is 2.30. The molecule has 0 unspecified atom stereocenters. The molecule has 0 heterocycles. The van der Waals surface area contributed by atoms with Gasteiger partial charge in [0.05, 0.1) is 11.2 Å². The van der Waals surface area contributed by atoms with Gasteiger partial charge in [0, 0.05) is 4.48 Å². The molecule has 0 fully saturated rings. The molecule has 1 aromatic carbocycles. The summed E-state index contributed by atoms with van der Waals surface area (Å²) in [6, 6.07) is 4.89. The van der Waals surface area contributed by atoms with Crippen molar-refractivity contribution in [3.05, 3.63) is 39.9 Å². The number of hydrogen-bond donors (Lipinski definition) is 1. The molecule has 0 aliphatic heterocycles. The van der Waals surface area contributed by atoms with Crippen LogP contribution in [0.25, 0.3) is 6.08 Å². The predicted molar refractivity (Wildman–Crippen MR) is 87.7 cm³/mol. The summed E-state index contributed by atoms with van der Waals surface area (Å²) in [6.07, 6.45) is -0.0961. The zero-order chi connectivity index (χ0) is 17.0. The predicted octanol–water partition coefficient (Wildman–Crippen LogP) is 6.02. The van der Waals surface area contributed by atoms with Crippen LogP contribution < -0.4 is 0 Å². The number of rotatable bonds is 6. The van der Waals surface area contributed by atoms with Crippen LogP contribution in [-0.4, -0.2) is 10.7 Å². The Morgan fingerprint density at radius 3 is 2.09 bits per heavy atom. The van der Waals surface area contributed by atoms with Crippen molar-refractivity contribution in [1.82, 2.24) is 0 Å². The minimum absolute atomic E-state index is 0.406. The molecule has 124 valence electrons. The molecule has 22 heavy (non-hydrogen) atoms. The molecule has 0 amide bonds. The second-order valence-corrected chi connectivity index (χ2v) is 6.63. The summed E-state index contributed by atoms with van der Waals surface area (Å²) >= 11 is 3.37. The molecule has 1 atom stereocenters. The van der Waals surface area contributed by atoms with Crippen molar-refractivity contribution in [3.63, 3.8) is 0 Å². The summed E-state index contributed by atoms with van der Waals surface area (Å²) in [5.74, 6) is 0.406. The molecule has 1 nitrogen and oxygen atoms in total. The monoisotopic (exact) mass is 378 g/mol. The van der Waals surface area contributed by atoms with Crippen LogP contribution in [0.15, 0.2) is 28.7 Å². The maximum atomic E-state index is 12.5. The third-order valence-corrected chi connectivity index (χ3v) is 4.97. The lowest BCUT2D eigenvalue weighted by molar-refractivity contribution is -0.137. The van der Waals surface area contributed by atoms with Gasteiger partial charge < -0.3 is 5.11 Å². The molecule has 0 saturated carbocycles. The fourth-order valence-electron chi connectivity index (χ4n) is 2.31. The van der Waals surface area contributed by atoms with Crippen LogP contribution in [0.1, 0.15) is 51.2 Å². The Morgan fingerprint density at radius 1 is 1.18 bits per heavy atom. The van der Waals surface area contributed by atoms with Gasteiger partial charge in [0.1, 0.15) is 0 Å². The number of alkyl halides is 3. The first kappa shape index (κ1) is 19.2. The fourth-order valence-corrected chi connectivity index (χ4v) is 2.73. The maximum Gasteiger partial charge on any atom is 0.416 e. The van der Waals surface area contributed by atoms with Crippen LogP contribution in [0.2, 0.25) is 0 Å². The topological polar surface area (TPSA) is 20.2 Å². The van der Waals surface area contributed by atoms with Crippen LogP contribution in [0, 0.1) is 5.92 Å². The molecule has 1 rings (SSSR count). The molecule has 0 radical (unpaired) electrons. The van der Waals surface area contributed by atoms with E-state index in [1.165, 1.54) is 12.1 Å². The second kappa shape index (κ2) is 7.64. The lowest BCUT2D eigenvalue weighted by Crippen LogP contribution is -2.27. The summed E-state index contributed by atoms with van der Waals surface area (Å²) in [5, 5.41) is 10.6. The van der Waals surface area contributed by atoms with Gasteiger partial charge in [0.15, 0.2) is 0 Å². The Hall–Kier alpha value is -0.810. The summed E-state index contributed by atoms with van der Waals surface area (Å²) < 4.78 is 38.2. The van der Waals surface area contributed by atoms with Gasteiger partial charge in [0.2, 0.25) is 0 Å². The van der Waals surface area contributed by atoms with Crippen LogP contribution >= 0.6 is 15.9 Å². The van der Waals surface area contributed by atoms with E-state index in [1.54, 1.807) is 13.0 Å². The van der Waals surface area contributed by atoms with Gasteiger partial charge >= 0.3 is 6.18 Å². The first-order valence-electron chi connectivity index (χ1n) is 7.37. The smallest absolute Gasteiger partial charge is 0.385 e. The Balaban J connectivity index is 2.91. The van der Waals surface area contributed by atoms with Crippen LogP contribution in [0.4, 0.5) is 13.2 Å². The van der Waals surface area contributed by atoms with E-state index >= 15 is 0 Å². The van der Waals surface area contributed by atoms with E-state index in [2.05, 4.69) is 29.8 Å². The van der Waals surface area contributed by atoms with Crippen molar-refractivity contribution in [2.45, 2.75) is 51.8 Å². The average Bonchev–Trinajstić information content (AvgIpc) is 2.44. The van der Waals surface area contributed by atoms with Crippen LogP contribution in [-0.2, 0) is 6.18 Å². The summed E-state index contributed by atoms with van der Waals surface area (Å²) in [4.78, 5) is 0. The quantitative estimate of drug-likeness (QED) is 0.641. The van der Waals surface area contributed by atoms with Gasteiger partial charge in [-0.3, -0.25) is 0 Å². The van der Waals surface area contributed by atoms with Crippen molar-refractivity contribution >= 4 is 22.0 Å². The molecular weight excluding hydrogens is 357 g/mol. The van der Waals surface area contributed by atoms with E-state index in [1.807, 2.05) is 0 Å². The van der Waals surface area contributed by atoms with Crippen molar-refractivity contribution in [2.24, 2.45) is 5.92 Å². The van der Waals surface area contributed by atoms with Crippen molar-refractivity contribution in [3.8, 4) is 0 Å². The number of hydrogen-bond acceptors (Lipinski definition) is 1. The lowest BCUT2D eigenvalue weighted by Gasteiger charge is -2.27. The van der Waals surface area contributed by atoms with Crippen molar-refractivity contribution in [2.75, 3.05) is 0 Å². The van der Waals surface area contributed by atoms with E-state index in [0.29, 0.717) is 22.4 Å². The normalized spacial score (nSPS) is 16.0. The molecule has 5 heteroatoms. The molecule has 0 spiro atoms. The molecule has 0 aromatic heterocycles. The molecule has 1 N–H and O–H groups in total. The van der Waals surface area contributed by atoms with Crippen LogP contribution in [0.3, 0.4) is 0 Å². The highest BCUT2D eigenvalue weighted by Crippen LogP contribution is 2.34. The molecule has 0 saturated heterocycles. The number of aliphatic hydroxyl groups is 1. The van der Waals surface area contributed by atoms with Gasteiger partial charge in [-0.1, -0.05) is 54.8 Å². The first-order chi connectivity index (χ1) is 10.1. The Kier molecular flexibility index (Phi) is 6.68. The van der Waals surface area contributed by atoms with E-state index in [4.69, 9.17) is 0 Å². The van der Waals surface area contributed by atoms with Gasteiger partial charge in [0.25, 0.3) is 0 Å². The Labute approximate surface area is 138 Å². The zero-order valence-electron chi connectivity index (χ0n) is 13.0. The largest absolute Gasteiger partial charge is 0.416 e. The number of benzene rings is 1. The van der Waals surface area contributed by atoms with E-state index in [0.717, 1.165) is 25.0 Å². The van der Waals surface area contributed by atoms with E-state index < -0.39 is 17.3 Å². The van der Waals surface area contributed by atoms with E-state index in [-0.39, 0.29) is 0 Å². The second-order valence-electron chi connectivity index (χ2n) is 5.77. The van der Waals surface area contributed by atoms with Gasteiger partial charge in [-0.25, -0.2) is 0 Å². The SMILES string of the molecule is CCC(CC)C[C@@](C)(O)/C(Br)=C/c1ccc(C(F)(F)F)cc1. The lowest BCUT2D eigenvalue weighted by atomic mass is 9.88. The minimum Gasteiger partial charge on any atom is -0.385 e. The third-order valence-electron chi connectivity index (χ3n) is 3.89. The van der Waals surface area contributed by atoms with Crippen LogP contribution in [0.5, 0.6) is 0 Å². The maximum absolute atomic E-state index is 12.5. The van der Waals surface area contributed by atoms with Crippen molar-refractivity contribution in [1.29, 1.82) is 0 Å². The summed E-state index contributed by atoms with van der Waals surface area (Å²) in [6.45, 7) is 5.88. The minimum atomic E-state index is -4.33. The molecule has 0 bridgehead atoms. The summed E-state index contributed by atoms with van der Waals surface area (Å²) in [5.41, 5.74) is -1.09. The fraction of sp³-hybridized carbons (Fsp3) is 0.529. The Bertz CT molecular complexity index is 500. The standard InChI is InChI=1S/C17H22BrF3O/c1-4-12(5-2)11-16(3,22)15(18)10-13-6-8-14(9-7-13)17(19,20)21/h6-10,12,22H,4-5,11H2,1-3H3/b15-10-/t16-/m1/s1. The van der Waals surface area contributed by atoms with Crippen molar-refractivity contribution < 1.29 is 18.3 Å². The summed E-state index contributed by atoms with van der Waals surface area (Å²) in [7, 11) is 0. The van der Waals surface area contributed by atoms with E-state index in [9.17, 15) is 18.3 Å². The first-order valence-corrected chi connectivity index (χ1v) is 8.16. The Morgan fingerprint density at radius 2 is 1.68 bits per heavy atom. The average molecular weight is 379 g/mol. The van der Waals surface area contributed by atoms with Gasteiger partial charge in [-0.2, -0.15) is 13.2 Å². The van der Waals surface area contributed by atoms with Gasteiger partial charge in [-0.05, 0) is 43.0 Å². The molecular formula is C17H22BrF3O. The highest BCUT2D eigenvalue weighted by atomic mass is 79.9. The van der Waals surface area contributed by atoms with Gasteiger partial charge in [-0.15, -0.1) is 0 Å². The zero-order valence-corrected chi connectivity index (χ0v) is 14.6. The molecule has 0 aliphatic carbocycles. The molecule has 0 aliphatic rings. The third kappa shape index (κ3) is 5.43. The molecule has 1 aromatic rings. The number of halogens is 4.